The van der Waals surface area contributed by atoms with Gasteiger partial charge in [0.05, 0.1) is 57.7 Å². The van der Waals surface area contributed by atoms with Crippen LogP contribution in [-0.4, -0.2) is 62.5 Å². The molecule has 1 heterocycles. The third kappa shape index (κ3) is 20.3. The van der Waals surface area contributed by atoms with Crippen molar-refractivity contribution in [2.24, 2.45) is 0 Å². The van der Waals surface area contributed by atoms with Crippen LogP contribution in [0.25, 0.3) is 0 Å². The van der Waals surface area contributed by atoms with E-state index >= 15 is 0 Å². The fraction of sp³-hybridized carbons (Fsp3) is 0.558. The van der Waals surface area contributed by atoms with Gasteiger partial charge in [-0.15, -0.1) is 13.2 Å². The molecule has 8 nitrogen and oxygen atoms in total. The number of rotatable bonds is 33. The van der Waals surface area contributed by atoms with Crippen LogP contribution in [0.4, 0.5) is 13.2 Å². The van der Waals surface area contributed by atoms with Gasteiger partial charge in [-0.2, -0.15) is 13.2 Å². The van der Waals surface area contributed by atoms with Crippen molar-refractivity contribution in [3.05, 3.63) is 132 Å². The smallest absolute Gasteiger partial charge is 0.375 e. The number of carbonyl (C=O) groups is 1. The van der Waals surface area contributed by atoms with Gasteiger partial charge in [0.2, 0.25) is 5.91 Å². The summed E-state index contributed by atoms with van der Waals surface area (Å²) in [5.41, 5.74) is 1.77. The van der Waals surface area contributed by atoms with Crippen molar-refractivity contribution >= 4 is 5.91 Å². The van der Waals surface area contributed by atoms with Gasteiger partial charge in [-0.05, 0) is 35.2 Å². The molecule has 4 rings (SSSR count). The zero-order chi connectivity index (χ0) is 45.0. The predicted molar refractivity (Wildman–Crippen MR) is 243 cm³/mol. The van der Waals surface area contributed by atoms with E-state index in [0.29, 0.717) is 18.6 Å². The SMILES string of the molecule is C=CCOC[C@H]1O[C@H](OCC=C)[C@@H](NC(=O)C[C@@H](CCCCCCCCCCCCCCC)OCc2ccc(C(F)(F)F)cc2)[C@@H](OCc2ccccc2)[C@@H]1OCc1ccccc1. The lowest BCUT2D eigenvalue weighted by atomic mass is 9.95. The minimum absolute atomic E-state index is 0.0103. The summed E-state index contributed by atoms with van der Waals surface area (Å²) in [5.74, 6) is -0.306. The zero-order valence-electron chi connectivity index (χ0n) is 37.5. The van der Waals surface area contributed by atoms with Crippen molar-refractivity contribution in [2.75, 3.05) is 19.8 Å². The Bertz CT molecular complexity index is 1660. The maximum Gasteiger partial charge on any atom is 0.416 e. The highest BCUT2D eigenvalue weighted by Gasteiger charge is 2.49. The second-order valence-electron chi connectivity index (χ2n) is 16.5. The van der Waals surface area contributed by atoms with Crippen LogP contribution in [0.15, 0.2) is 110 Å². The third-order valence-corrected chi connectivity index (χ3v) is 11.3. The zero-order valence-corrected chi connectivity index (χ0v) is 37.5. The third-order valence-electron chi connectivity index (χ3n) is 11.3. The monoisotopic (exact) mass is 880 g/mol. The summed E-state index contributed by atoms with van der Waals surface area (Å²) in [4.78, 5) is 14.3. The molecule has 1 aliphatic rings. The quantitative estimate of drug-likeness (QED) is 0.0482. The van der Waals surface area contributed by atoms with Gasteiger partial charge in [-0.1, -0.05) is 175 Å². The van der Waals surface area contributed by atoms with Crippen molar-refractivity contribution in [1.29, 1.82) is 0 Å². The van der Waals surface area contributed by atoms with E-state index in [4.69, 9.17) is 28.4 Å². The van der Waals surface area contributed by atoms with Crippen LogP contribution in [0.5, 0.6) is 0 Å². The lowest BCUT2D eigenvalue weighted by molar-refractivity contribution is -0.287. The number of hydrogen-bond donors (Lipinski definition) is 1. The Labute approximate surface area is 374 Å². The number of unbranched alkanes of at least 4 members (excludes halogenated alkanes) is 12. The summed E-state index contributed by atoms with van der Waals surface area (Å²) in [6, 6.07) is 23.7. The fourth-order valence-corrected chi connectivity index (χ4v) is 7.79. The molecule has 3 aromatic carbocycles. The molecule has 0 radical (unpaired) electrons. The van der Waals surface area contributed by atoms with Gasteiger partial charge < -0.3 is 33.7 Å². The largest absolute Gasteiger partial charge is 0.416 e. The topological polar surface area (TPSA) is 84.5 Å². The highest BCUT2D eigenvalue weighted by atomic mass is 19.4. The standard InChI is InChI=1S/C52H72F3NO7/c1-4-7-8-9-10-11-12-13-14-15-16-17-24-29-45(60-37-43-30-32-44(33-31-43)52(53,54)55)36-47(57)56-48-50(62-39-42-27-22-19-23-28-42)49(61-38-41-25-20-18-21-26-41)46(40-58-34-5-2)63-51(48)59-35-6-3/h5-6,18-23,25-28,30-33,45-46,48-51H,2-4,7-17,24,29,34-40H2,1H3,(H,56,57)/t45-,46-,48+,49-,50-,51+/m1/s1. The van der Waals surface area contributed by atoms with Crippen molar-refractivity contribution in [3.63, 3.8) is 0 Å². The molecular weight excluding hydrogens is 808 g/mol. The molecule has 6 atom stereocenters. The van der Waals surface area contributed by atoms with Gasteiger partial charge in [-0.25, -0.2) is 0 Å². The summed E-state index contributed by atoms with van der Waals surface area (Å²) in [6.45, 7) is 11.0. The molecule has 348 valence electrons. The van der Waals surface area contributed by atoms with E-state index in [9.17, 15) is 18.0 Å². The van der Waals surface area contributed by atoms with Crippen molar-refractivity contribution in [3.8, 4) is 0 Å². The van der Waals surface area contributed by atoms with Crippen molar-refractivity contribution < 1.29 is 46.4 Å². The van der Waals surface area contributed by atoms with Gasteiger partial charge in [0.15, 0.2) is 6.29 Å². The van der Waals surface area contributed by atoms with Crippen LogP contribution in [0.1, 0.15) is 125 Å². The van der Waals surface area contributed by atoms with Gasteiger partial charge >= 0.3 is 6.18 Å². The first-order valence-corrected chi connectivity index (χ1v) is 23.2. The Morgan fingerprint density at radius 2 is 1.21 bits per heavy atom. The second-order valence-corrected chi connectivity index (χ2v) is 16.5. The van der Waals surface area contributed by atoms with E-state index in [0.717, 1.165) is 42.5 Å². The first-order chi connectivity index (χ1) is 30.7. The van der Waals surface area contributed by atoms with E-state index in [1.807, 2.05) is 60.7 Å². The Hall–Kier alpha value is -3.84. The molecule has 0 saturated carbocycles. The van der Waals surface area contributed by atoms with Crippen LogP contribution in [0, 0.1) is 0 Å². The Balaban J connectivity index is 1.48. The maximum atomic E-state index is 14.3. The molecule has 1 saturated heterocycles. The first kappa shape index (κ1) is 51.8. The highest BCUT2D eigenvalue weighted by molar-refractivity contribution is 5.77. The lowest BCUT2D eigenvalue weighted by Crippen LogP contribution is -2.66. The van der Waals surface area contributed by atoms with Crippen LogP contribution in [0.2, 0.25) is 0 Å². The number of benzene rings is 3. The molecule has 0 bridgehead atoms. The molecule has 0 unspecified atom stereocenters. The predicted octanol–water partition coefficient (Wildman–Crippen LogP) is 12.2. The van der Waals surface area contributed by atoms with E-state index in [2.05, 4.69) is 25.4 Å². The second kappa shape index (κ2) is 30.3. The number of amides is 1. The van der Waals surface area contributed by atoms with Gasteiger partial charge in [-0.3, -0.25) is 4.79 Å². The summed E-state index contributed by atoms with van der Waals surface area (Å²) in [5, 5.41) is 3.19. The normalized spacial score (nSPS) is 19.4. The molecule has 3 aromatic rings. The Morgan fingerprint density at radius 1 is 0.683 bits per heavy atom. The molecule has 0 aliphatic carbocycles. The summed E-state index contributed by atoms with van der Waals surface area (Å²) in [6.07, 6.45) is 11.7. The molecule has 1 amide bonds. The van der Waals surface area contributed by atoms with Crippen LogP contribution >= 0.6 is 0 Å². The van der Waals surface area contributed by atoms with Crippen LogP contribution in [-0.2, 0) is 59.2 Å². The molecule has 0 spiro atoms. The van der Waals surface area contributed by atoms with Gasteiger partial charge in [0, 0.05) is 0 Å². The first-order valence-electron chi connectivity index (χ1n) is 23.2. The molecule has 11 heteroatoms. The number of halogens is 3. The summed E-state index contributed by atoms with van der Waals surface area (Å²) >= 11 is 0. The van der Waals surface area contributed by atoms with E-state index in [-0.39, 0.29) is 45.4 Å². The number of nitrogens with one attached hydrogen (secondary N) is 1. The molecule has 1 fully saturated rings. The maximum absolute atomic E-state index is 14.3. The summed E-state index contributed by atoms with van der Waals surface area (Å²) < 4.78 is 78.2. The number of ether oxygens (including phenoxy) is 6. The number of hydrogen-bond acceptors (Lipinski definition) is 7. The molecule has 1 N–H and O–H groups in total. The van der Waals surface area contributed by atoms with Crippen LogP contribution < -0.4 is 5.32 Å². The summed E-state index contributed by atoms with van der Waals surface area (Å²) in [7, 11) is 0. The van der Waals surface area contributed by atoms with E-state index in [1.54, 1.807) is 12.2 Å². The number of alkyl halides is 3. The van der Waals surface area contributed by atoms with Crippen molar-refractivity contribution in [2.45, 2.75) is 166 Å². The highest BCUT2D eigenvalue weighted by Crippen LogP contribution is 2.31. The van der Waals surface area contributed by atoms with Gasteiger partial charge in [0.1, 0.15) is 24.4 Å². The Morgan fingerprint density at radius 3 is 1.75 bits per heavy atom. The van der Waals surface area contributed by atoms with Crippen LogP contribution in [0.3, 0.4) is 0 Å². The van der Waals surface area contributed by atoms with Crippen molar-refractivity contribution in [1.82, 2.24) is 5.32 Å². The minimum Gasteiger partial charge on any atom is -0.375 e. The van der Waals surface area contributed by atoms with E-state index < -0.39 is 48.5 Å². The average Bonchev–Trinajstić information content (AvgIpc) is 3.29. The fourth-order valence-electron chi connectivity index (χ4n) is 7.79. The molecule has 1 aliphatic heterocycles. The van der Waals surface area contributed by atoms with E-state index in [1.165, 1.54) is 76.3 Å². The average molecular weight is 880 g/mol. The molecule has 63 heavy (non-hydrogen) atoms. The lowest BCUT2D eigenvalue weighted by Gasteiger charge is -2.46. The molecular formula is C52H72F3NO7. The Kier molecular flexibility index (Phi) is 24.9. The minimum atomic E-state index is -4.43. The van der Waals surface area contributed by atoms with Gasteiger partial charge in [0.25, 0.3) is 0 Å². The molecule has 0 aromatic heterocycles. The number of carbonyl (C=O) groups excluding carboxylic acids is 1.